The van der Waals surface area contributed by atoms with Crippen LogP contribution in [0.5, 0.6) is 5.75 Å². The van der Waals surface area contributed by atoms with Gasteiger partial charge < -0.3 is 25.0 Å². The first-order valence-corrected chi connectivity index (χ1v) is 9.61. The third kappa shape index (κ3) is 4.43. The van der Waals surface area contributed by atoms with E-state index < -0.39 is 5.54 Å². The number of hydrogen-bond donors (Lipinski definition) is 2. The van der Waals surface area contributed by atoms with Crippen LogP contribution in [-0.2, 0) is 6.61 Å². The second-order valence-corrected chi connectivity index (χ2v) is 7.69. The summed E-state index contributed by atoms with van der Waals surface area (Å²) in [6.07, 6.45) is 0.720. The Hall–Kier alpha value is -2.46. The molecule has 0 amide bonds. The third-order valence-corrected chi connectivity index (χ3v) is 5.14. The lowest BCUT2D eigenvalue weighted by atomic mass is 10.0. The zero-order valence-electron chi connectivity index (χ0n) is 15.3. The monoisotopic (exact) mass is 436 g/mol. The van der Waals surface area contributed by atoms with E-state index in [0.29, 0.717) is 47.0 Å². The number of aliphatic hydroxyl groups is 1. The summed E-state index contributed by atoms with van der Waals surface area (Å²) in [5, 5.41) is 22.0. The molecule has 1 atom stereocenters. The van der Waals surface area contributed by atoms with Crippen LogP contribution >= 0.6 is 23.2 Å². The van der Waals surface area contributed by atoms with Crippen molar-refractivity contribution in [2.75, 3.05) is 24.6 Å². The summed E-state index contributed by atoms with van der Waals surface area (Å²) in [7, 11) is 0. The van der Waals surface area contributed by atoms with Crippen molar-refractivity contribution in [1.29, 1.82) is 0 Å². The highest BCUT2D eigenvalue weighted by molar-refractivity contribution is 6.34. The Bertz CT molecular complexity index is 1000. The van der Waals surface area contributed by atoms with Gasteiger partial charge in [0.25, 0.3) is 5.89 Å². The number of hydrogen-bond acceptors (Lipinski definition) is 9. The average Bonchev–Trinajstić information content (AvgIpc) is 3.36. The molecule has 3 aromatic rings. The molecular formula is C18H18Cl2N6O3. The molecule has 0 spiro atoms. The van der Waals surface area contributed by atoms with Gasteiger partial charge in [-0.2, -0.15) is 4.98 Å². The van der Waals surface area contributed by atoms with Crippen LogP contribution in [0.3, 0.4) is 0 Å². The van der Waals surface area contributed by atoms with Crippen molar-refractivity contribution in [3.8, 4) is 17.3 Å². The molecule has 1 aliphatic heterocycles. The van der Waals surface area contributed by atoms with Crippen LogP contribution in [0.15, 0.2) is 34.9 Å². The lowest BCUT2D eigenvalue weighted by Gasteiger charge is -2.25. The minimum atomic E-state index is -0.561. The number of aliphatic hydroxyl groups excluding tert-OH is 1. The van der Waals surface area contributed by atoms with Crippen molar-refractivity contribution >= 4 is 29.0 Å². The summed E-state index contributed by atoms with van der Waals surface area (Å²) in [5.41, 5.74) is 6.38. The van der Waals surface area contributed by atoms with E-state index in [0.717, 1.165) is 6.42 Å². The van der Waals surface area contributed by atoms with E-state index in [1.165, 1.54) is 0 Å². The zero-order valence-corrected chi connectivity index (χ0v) is 16.8. The number of rotatable bonds is 6. The van der Waals surface area contributed by atoms with Crippen molar-refractivity contribution < 1.29 is 14.4 Å². The van der Waals surface area contributed by atoms with Crippen LogP contribution in [0.2, 0.25) is 10.0 Å². The minimum absolute atomic E-state index is 0.193. The Kier molecular flexibility index (Phi) is 5.55. The number of halogens is 2. The van der Waals surface area contributed by atoms with Crippen LogP contribution in [0, 0.1) is 0 Å². The normalized spacial score (nSPS) is 19.0. The molecule has 0 radical (unpaired) electrons. The highest BCUT2D eigenvalue weighted by Crippen LogP contribution is 2.30. The Morgan fingerprint density at radius 2 is 2.10 bits per heavy atom. The summed E-state index contributed by atoms with van der Waals surface area (Å²) in [4.78, 5) is 6.05. The molecule has 3 heterocycles. The van der Waals surface area contributed by atoms with E-state index >= 15 is 0 Å². The van der Waals surface area contributed by atoms with Crippen LogP contribution in [0.25, 0.3) is 11.6 Å². The van der Waals surface area contributed by atoms with Crippen molar-refractivity contribution in [2.24, 2.45) is 5.73 Å². The fourth-order valence-corrected chi connectivity index (χ4v) is 3.38. The van der Waals surface area contributed by atoms with Gasteiger partial charge in [0.15, 0.2) is 17.3 Å². The summed E-state index contributed by atoms with van der Waals surface area (Å²) in [6.45, 7) is 1.26. The van der Waals surface area contributed by atoms with Gasteiger partial charge in [-0.3, -0.25) is 0 Å². The Morgan fingerprint density at radius 1 is 1.24 bits per heavy atom. The molecule has 0 aliphatic carbocycles. The van der Waals surface area contributed by atoms with Crippen molar-refractivity contribution in [3.05, 3.63) is 46.2 Å². The minimum Gasteiger partial charge on any atom is -0.490 e. The molecule has 152 valence electrons. The summed E-state index contributed by atoms with van der Waals surface area (Å²) in [5.74, 6) is 1.59. The van der Waals surface area contributed by atoms with Gasteiger partial charge >= 0.3 is 0 Å². The van der Waals surface area contributed by atoms with Crippen molar-refractivity contribution in [3.63, 3.8) is 0 Å². The number of aromatic nitrogens is 4. The average molecular weight is 437 g/mol. The van der Waals surface area contributed by atoms with E-state index in [-0.39, 0.29) is 18.3 Å². The van der Waals surface area contributed by atoms with Crippen molar-refractivity contribution in [2.45, 2.75) is 18.6 Å². The molecular weight excluding hydrogens is 419 g/mol. The van der Waals surface area contributed by atoms with E-state index in [9.17, 15) is 0 Å². The fourth-order valence-electron chi connectivity index (χ4n) is 3.05. The predicted molar refractivity (Wildman–Crippen MR) is 107 cm³/mol. The van der Waals surface area contributed by atoms with Crippen LogP contribution in [-0.4, -0.2) is 50.7 Å². The maximum Gasteiger partial charge on any atom is 0.278 e. The number of benzene rings is 1. The van der Waals surface area contributed by atoms with Gasteiger partial charge in [0.1, 0.15) is 19.0 Å². The van der Waals surface area contributed by atoms with Gasteiger partial charge in [0.05, 0.1) is 10.6 Å². The SMILES string of the molecule is NC1(COc2cc(Cl)ccc2Cl)CCN(c2ccc(-c3nc(CO)no3)nn2)C1. The topological polar surface area (TPSA) is 123 Å². The standard InChI is InChI=1S/C18H18Cl2N6O3/c19-11-1-2-12(20)14(7-11)28-10-18(21)5-6-26(9-18)16-4-3-13(23-24-16)17-22-15(8-27)25-29-17/h1-4,7,27H,5-6,8-10,21H2. The molecule has 4 rings (SSSR count). The molecule has 11 heteroatoms. The number of nitrogens with two attached hydrogens (primary N) is 1. The maximum atomic E-state index is 9.02. The van der Waals surface area contributed by atoms with Crippen LogP contribution in [0.1, 0.15) is 12.2 Å². The fraction of sp³-hybridized carbons (Fsp3) is 0.333. The first-order valence-electron chi connectivity index (χ1n) is 8.85. The first-order chi connectivity index (χ1) is 14.0. The molecule has 1 aliphatic rings. The zero-order chi connectivity index (χ0) is 20.4. The largest absolute Gasteiger partial charge is 0.490 e. The van der Waals surface area contributed by atoms with Crippen LogP contribution in [0.4, 0.5) is 5.82 Å². The smallest absolute Gasteiger partial charge is 0.278 e. The molecule has 1 aromatic carbocycles. The van der Waals surface area contributed by atoms with E-state index in [4.69, 9.17) is 43.3 Å². The molecule has 9 nitrogen and oxygen atoms in total. The molecule has 0 bridgehead atoms. The van der Waals surface area contributed by atoms with Gasteiger partial charge in [-0.1, -0.05) is 28.4 Å². The highest BCUT2D eigenvalue weighted by atomic mass is 35.5. The van der Waals surface area contributed by atoms with Gasteiger partial charge in [0, 0.05) is 24.2 Å². The Balaban J connectivity index is 1.40. The van der Waals surface area contributed by atoms with Crippen LogP contribution < -0.4 is 15.4 Å². The number of anilines is 1. The molecule has 1 unspecified atom stereocenters. The lowest BCUT2D eigenvalue weighted by molar-refractivity contribution is 0.231. The summed E-state index contributed by atoms with van der Waals surface area (Å²) < 4.78 is 10.9. The van der Waals surface area contributed by atoms with Gasteiger partial charge in [0.2, 0.25) is 0 Å². The second-order valence-electron chi connectivity index (χ2n) is 6.85. The Morgan fingerprint density at radius 3 is 2.83 bits per heavy atom. The second kappa shape index (κ2) is 8.11. The quantitative estimate of drug-likeness (QED) is 0.598. The number of nitrogens with zero attached hydrogens (tertiary/aromatic N) is 5. The van der Waals surface area contributed by atoms with E-state index in [2.05, 4.69) is 20.3 Å². The molecule has 2 aromatic heterocycles. The lowest BCUT2D eigenvalue weighted by Crippen LogP contribution is -2.48. The predicted octanol–water partition coefficient (Wildman–Crippen LogP) is 2.31. The third-order valence-electron chi connectivity index (χ3n) is 4.60. The molecule has 0 saturated carbocycles. The molecule has 1 fully saturated rings. The maximum absolute atomic E-state index is 9.02. The van der Waals surface area contributed by atoms with E-state index in [1.807, 2.05) is 11.0 Å². The molecule has 3 N–H and O–H groups in total. The van der Waals surface area contributed by atoms with E-state index in [1.54, 1.807) is 24.3 Å². The van der Waals surface area contributed by atoms with Gasteiger partial charge in [-0.15, -0.1) is 10.2 Å². The van der Waals surface area contributed by atoms with Crippen molar-refractivity contribution in [1.82, 2.24) is 20.3 Å². The number of ether oxygens (including phenoxy) is 1. The summed E-state index contributed by atoms with van der Waals surface area (Å²) in [6, 6.07) is 8.60. The van der Waals surface area contributed by atoms with Gasteiger partial charge in [-0.05, 0) is 30.7 Å². The highest BCUT2D eigenvalue weighted by Gasteiger charge is 2.36. The summed E-state index contributed by atoms with van der Waals surface area (Å²) >= 11 is 12.1. The Labute approximate surface area is 176 Å². The molecule has 29 heavy (non-hydrogen) atoms. The molecule has 1 saturated heterocycles. The van der Waals surface area contributed by atoms with Gasteiger partial charge in [-0.25, -0.2) is 0 Å². The first kappa shape index (κ1) is 19.8.